The van der Waals surface area contributed by atoms with Crippen LogP contribution in [0.4, 0.5) is 0 Å². The van der Waals surface area contributed by atoms with Crippen LogP contribution in [0.3, 0.4) is 0 Å². The summed E-state index contributed by atoms with van der Waals surface area (Å²) in [4.78, 5) is 2.28. The smallest absolute Gasteiger partial charge is 0.00248 e. The van der Waals surface area contributed by atoms with Crippen LogP contribution in [0.2, 0.25) is 0 Å². The summed E-state index contributed by atoms with van der Waals surface area (Å²) in [5, 5.41) is 0. The van der Waals surface area contributed by atoms with Gasteiger partial charge in [0, 0.05) is 0 Å². The Kier molecular flexibility index (Phi) is 18.1. The molecule has 0 N–H and O–H groups in total. The summed E-state index contributed by atoms with van der Waals surface area (Å²) in [5.41, 5.74) is 0. The molecule has 0 aromatic rings. The molecule has 0 aromatic carbocycles. The Hall–Kier alpha value is 0.440. The van der Waals surface area contributed by atoms with E-state index in [1.807, 2.05) is 0 Å². The Morgan fingerprint density at radius 3 is 1.38 bits per heavy atom. The van der Waals surface area contributed by atoms with Gasteiger partial charge in [-0.1, -0.05) is 64.7 Å². The maximum Gasteiger partial charge on any atom is -0.00248 e. The molecular weight excluding hydrogens is 262 g/mol. The van der Waals surface area contributed by atoms with E-state index < -0.39 is 0 Å². The Labute approximate surface area is 114 Å². The molecule has 0 saturated heterocycles. The van der Waals surface area contributed by atoms with Crippen molar-refractivity contribution in [2.24, 2.45) is 0 Å². The lowest BCUT2D eigenvalue weighted by Gasteiger charge is -2.08. The molecule has 0 atom stereocenters. The van der Waals surface area contributed by atoms with Gasteiger partial charge in [-0.3, -0.25) is 0 Å². The molecule has 0 aromatic heterocycles. The zero-order valence-corrected chi connectivity index (χ0v) is 13.3. The van der Waals surface area contributed by atoms with Gasteiger partial charge in [0.05, 0.1) is 0 Å². The first-order valence-electron chi connectivity index (χ1n) is 6.92. The highest BCUT2D eigenvalue weighted by Crippen LogP contribution is 2.10. The van der Waals surface area contributed by atoms with Crippen molar-refractivity contribution in [3.8, 4) is 0 Å². The minimum Gasteiger partial charge on any atom is -0.309 e. The van der Waals surface area contributed by atoms with E-state index in [0.29, 0.717) is 0 Å². The Balaban J connectivity index is 0. The van der Waals surface area contributed by atoms with Crippen molar-refractivity contribution in [2.45, 2.75) is 71.1 Å². The minimum absolute atomic E-state index is 0. The molecule has 0 aliphatic heterocycles. The van der Waals surface area contributed by atoms with Crippen molar-refractivity contribution in [1.29, 1.82) is 0 Å². The van der Waals surface area contributed by atoms with Crippen LogP contribution >= 0.6 is 17.0 Å². The van der Waals surface area contributed by atoms with Gasteiger partial charge in [0.1, 0.15) is 0 Å². The molecule has 0 radical (unpaired) electrons. The molecule has 0 heterocycles. The molecule has 0 aliphatic rings. The van der Waals surface area contributed by atoms with Gasteiger partial charge >= 0.3 is 0 Å². The molecule has 0 aliphatic carbocycles. The molecular formula is C14H32BrN. The van der Waals surface area contributed by atoms with Gasteiger partial charge in [-0.05, 0) is 27.1 Å². The highest BCUT2D eigenvalue weighted by Gasteiger charge is 1.93. The molecule has 0 amide bonds. The topological polar surface area (TPSA) is 3.24 Å². The Morgan fingerprint density at radius 1 is 0.625 bits per heavy atom. The highest BCUT2D eigenvalue weighted by molar-refractivity contribution is 8.93. The molecule has 100 valence electrons. The molecule has 1 nitrogen and oxygen atoms in total. The molecule has 0 rings (SSSR count). The lowest BCUT2D eigenvalue weighted by molar-refractivity contribution is 0.389. The quantitative estimate of drug-likeness (QED) is 0.482. The van der Waals surface area contributed by atoms with E-state index >= 15 is 0 Å². The molecule has 0 bridgehead atoms. The second kappa shape index (κ2) is 15.4. The lowest BCUT2D eigenvalue weighted by Crippen LogP contribution is -2.12. The monoisotopic (exact) mass is 293 g/mol. The van der Waals surface area contributed by atoms with E-state index in [1.165, 1.54) is 70.8 Å². The largest absolute Gasteiger partial charge is 0.309 e. The molecule has 0 saturated carbocycles. The van der Waals surface area contributed by atoms with Gasteiger partial charge in [-0.2, -0.15) is 0 Å². The summed E-state index contributed by atoms with van der Waals surface area (Å²) in [5.74, 6) is 0. The summed E-state index contributed by atoms with van der Waals surface area (Å²) >= 11 is 0. The summed E-state index contributed by atoms with van der Waals surface area (Å²) < 4.78 is 0. The molecule has 16 heavy (non-hydrogen) atoms. The second-order valence-corrected chi connectivity index (χ2v) is 4.99. The van der Waals surface area contributed by atoms with Crippen LogP contribution in [0.5, 0.6) is 0 Å². The summed E-state index contributed by atoms with van der Waals surface area (Å²) in [6, 6.07) is 0. The third-order valence-electron chi connectivity index (χ3n) is 2.96. The van der Waals surface area contributed by atoms with Crippen molar-refractivity contribution >= 4 is 17.0 Å². The third kappa shape index (κ3) is 16.9. The first-order valence-corrected chi connectivity index (χ1v) is 6.92. The maximum atomic E-state index is 2.28. The van der Waals surface area contributed by atoms with Gasteiger partial charge < -0.3 is 4.90 Å². The van der Waals surface area contributed by atoms with E-state index in [0.717, 1.165) is 0 Å². The Bertz CT molecular complexity index is 115. The fourth-order valence-electron chi connectivity index (χ4n) is 1.92. The van der Waals surface area contributed by atoms with Crippen molar-refractivity contribution in [3.05, 3.63) is 0 Å². The van der Waals surface area contributed by atoms with Crippen LogP contribution in [0.1, 0.15) is 71.1 Å². The average Bonchev–Trinajstić information content (AvgIpc) is 2.20. The maximum absolute atomic E-state index is 2.28. The lowest BCUT2D eigenvalue weighted by atomic mass is 10.1. The van der Waals surface area contributed by atoms with Crippen LogP contribution in [-0.4, -0.2) is 25.5 Å². The normalized spacial score (nSPS) is 10.5. The number of halogens is 1. The van der Waals surface area contributed by atoms with E-state index in [2.05, 4.69) is 25.9 Å². The zero-order chi connectivity index (χ0) is 11.4. The fraction of sp³-hybridized carbons (Fsp3) is 1.00. The number of rotatable bonds is 11. The van der Waals surface area contributed by atoms with Gasteiger partial charge in [0.25, 0.3) is 0 Å². The predicted octanol–water partition coefficient (Wildman–Crippen LogP) is 5.05. The van der Waals surface area contributed by atoms with Crippen LogP contribution in [-0.2, 0) is 0 Å². The number of hydrogen-bond acceptors (Lipinski definition) is 1. The molecule has 2 heteroatoms. The number of unbranched alkanes of at least 4 members (excludes halogenated alkanes) is 9. The van der Waals surface area contributed by atoms with Crippen LogP contribution < -0.4 is 0 Å². The Morgan fingerprint density at radius 2 is 1.00 bits per heavy atom. The second-order valence-electron chi connectivity index (χ2n) is 4.99. The van der Waals surface area contributed by atoms with E-state index in [9.17, 15) is 0 Å². The van der Waals surface area contributed by atoms with Crippen molar-refractivity contribution < 1.29 is 0 Å². The van der Waals surface area contributed by atoms with Crippen molar-refractivity contribution in [2.75, 3.05) is 20.6 Å². The summed E-state index contributed by atoms with van der Waals surface area (Å²) in [6.07, 6.45) is 14.4. The predicted molar refractivity (Wildman–Crippen MR) is 80.7 cm³/mol. The van der Waals surface area contributed by atoms with Gasteiger partial charge in [-0.25, -0.2) is 0 Å². The number of nitrogens with zero attached hydrogens (tertiary/aromatic N) is 1. The minimum atomic E-state index is 0. The first-order chi connectivity index (χ1) is 7.27. The van der Waals surface area contributed by atoms with Crippen molar-refractivity contribution in [1.82, 2.24) is 4.90 Å². The standard InChI is InChI=1S/C14H31N.BrH/c1-4-5-6-7-8-9-10-11-12-13-14-15(2)3;/h4-14H2,1-3H3;1H. The molecule has 0 unspecified atom stereocenters. The molecule has 0 spiro atoms. The number of hydrogen-bond donors (Lipinski definition) is 0. The van der Waals surface area contributed by atoms with E-state index in [1.54, 1.807) is 0 Å². The SMILES string of the molecule is Br.CCCCCCCCCCCCN(C)C. The summed E-state index contributed by atoms with van der Waals surface area (Å²) in [6.45, 7) is 3.54. The van der Waals surface area contributed by atoms with Gasteiger partial charge in [0.2, 0.25) is 0 Å². The zero-order valence-electron chi connectivity index (χ0n) is 11.6. The van der Waals surface area contributed by atoms with Crippen LogP contribution in [0.25, 0.3) is 0 Å². The first kappa shape index (κ1) is 18.8. The van der Waals surface area contributed by atoms with E-state index in [-0.39, 0.29) is 17.0 Å². The van der Waals surface area contributed by atoms with Gasteiger partial charge in [0.15, 0.2) is 0 Å². The highest BCUT2D eigenvalue weighted by atomic mass is 79.9. The molecule has 0 fully saturated rings. The van der Waals surface area contributed by atoms with Crippen LogP contribution in [0.15, 0.2) is 0 Å². The summed E-state index contributed by atoms with van der Waals surface area (Å²) in [7, 11) is 4.32. The van der Waals surface area contributed by atoms with Crippen molar-refractivity contribution in [3.63, 3.8) is 0 Å². The third-order valence-corrected chi connectivity index (χ3v) is 2.96. The van der Waals surface area contributed by atoms with E-state index in [4.69, 9.17) is 0 Å². The van der Waals surface area contributed by atoms with Crippen LogP contribution in [0, 0.1) is 0 Å². The fourth-order valence-corrected chi connectivity index (χ4v) is 1.92. The van der Waals surface area contributed by atoms with Gasteiger partial charge in [-0.15, -0.1) is 17.0 Å². The average molecular weight is 294 g/mol.